The first-order chi connectivity index (χ1) is 9.74. The monoisotopic (exact) mass is 275 g/mol. The van der Waals surface area contributed by atoms with Crippen LogP contribution in [-0.2, 0) is 6.61 Å². The average Bonchev–Trinajstić information content (AvgIpc) is 2.52. The normalized spacial score (nSPS) is 11.9. The van der Waals surface area contributed by atoms with Gasteiger partial charge in [-0.3, -0.25) is 0 Å². The maximum absolute atomic E-state index is 12.6. The van der Waals surface area contributed by atoms with Crippen molar-refractivity contribution >= 4 is 0 Å². The van der Waals surface area contributed by atoms with E-state index in [0.717, 1.165) is 5.56 Å². The third-order valence-corrected chi connectivity index (χ3v) is 3.02. The molecular weight excluding hydrogens is 257 g/mol. The van der Waals surface area contributed by atoms with E-state index in [1.807, 2.05) is 30.3 Å². The van der Waals surface area contributed by atoms with Gasteiger partial charge < -0.3 is 15.2 Å². The summed E-state index contributed by atoms with van der Waals surface area (Å²) < 4.78 is 23.6. The molecule has 106 valence electrons. The third kappa shape index (κ3) is 3.48. The molecule has 2 N–H and O–H groups in total. The number of halogens is 1. The van der Waals surface area contributed by atoms with Gasteiger partial charge >= 0.3 is 0 Å². The molecule has 0 bridgehead atoms. The highest BCUT2D eigenvalue weighted by molar-refractivity contribution is 5.44. The first kappa shape index (κ1) is 14.3. The van der Waals surface area contributed by atoms with Crippen LogP contribution in [-0.4, -0.2) is 13.8 Å². The van der Waals surface area contributed by atoms with Gasteiger partial charge in [0.2, 0.25) is 0 Å². The zero-order chi connectivity index (χ0) is 14.4. The number of benzene rings is 2. The van der Waals surface area contributed by atoms with Crippen LogP contribution in [0.1, 0.15) is 17.2 Å². The predicted octanol–water partition coefficient (Wildman–Crippen LogP) is 3.24. The summed E-state index contributed by atoms with van der Waals surface area (Å²) in [4.78, 5) is 0. The Kier molecular flexibility index (Phi) is 4.96. The molecule has 0 radical (unpaired) electrons. The zero-order valence-electron chi connectivity index (χ0n) is 11.4. The summed E-state index contributed by atoms with van der Waals surface area (Å²) in [6.07, 6.45) is 0. The van der Waals surface area contributed by atoms with E-state index in [9.17, 15) is 4.39 Å². The Morgan fingerprint density at radius 3 is 2.50 bits per heavy atom. The van der Waals surface area contributed by atoms with E-state index in [2.05, 4.69) is 0 Å². The number of hydrogen-bond donors (Lipinski definition) is 1. The fourth-order valence-electron chi connectivity index (χ4n) is 1.86. The van der Waals surface area contributed by atoms with Gasteiger partial charge in [-0.25, -0.2) is 4.39 Å². The van der Waals surface area contributed by atoms with Crippen molar-refractivity contribution in [3.8, 4) is 11.5 Å². The lowest BCUT2D eigenvalue weighted by Crippen LogP contribution is -2.12. The van der Waals surface area contributed by atoms with Crippen LogP contribution in [0.15, 0.2) is 48.5 Å². The summed E-state index contributed by atoms with van der Waals surface area (Å²) in [5.41, 5.74) is 7.43. The third-order valence-electron chi connectivity index (χ3n) is 3.02. The van der Waals surface area contributed by atoms with Crippen molar-refractivity contribution in [1.29, 1.82) is 0 Å². The first-order valence-electron chi connectivity index (χ1n) is 6.40. The maximum Gasteiger partial charge on any atom is 0.161 e. The van der Waals surface area contributed by atoms with E-state index in [4.69, 9.17) is 15.2 Å². The highest BCUT2D eigenvalue weighted by Crippen LogP contribution is 2.30. The molecule has 0 fully saturated rings. The Labute approximate surface area is 118 Å². The molecule has 2 aromatic rings. The smallest absolute Gasteiger partial charge is 0.161 e. The van der Waals surface area contributed by atoms with Gasteiger partial charge in [0, 0.05) is 0 Å². The Balaban J connectivity index is 2.16. The lowest BCUT2D eigenvalue weighted by Gasteiger charge is -2.14. The van der Waals surface area contributed by atoms with Crippen LogP contribution in [0, 0.1) is 0 Å². The zero-order valence-corrected chi connectivity index (χ0v) is 11.4. The van der Waals surface area contributed by atoms with E-state index in [1.165, 1.54) is 0 Å². The molecular formula is C16H18FNO2. The van der Waals surface area contributed by atoms with Crippen molar-refractivity contribution in [1.82, 2.24) is 0 Å². The molecule has 2 rings (SSSR count). The summed E-state index contributed by atoms with van der Waals surface area (Å²) in [5, 5.41) is 0. The molecule has 0 spiro atoms. The van der Waals surface area contributed by atoms with Crippen molar-refractivity contribution in [2.75, 3.05) is 13.8 Å². The van der Waals surface area contributed by atoms with Crippen LogP contribution in [0.2, 0.25) is 0 Å². The van der Waals surface area contributed by atoms with E-state index in [-0.39, 0.29) is 0 Å². The van der Waals surface area contributed by atoms with Crippen LogP contribution >= 0.6 is 0 Å². The summed E-state index contributed by atoms with van der Waals surface area (Å²) in [6, 6.07) is 14.4. The number of hydrogen-bond acceptors (Lipinski definition) is 3. The molecule has 0 amide bonds. The summed E-state index contributed by atoms with van der Waals surface area (Å²) in [7, 11) is 1.57. The van der Waals surface area contributed by atoms with Gasteiger partial charge in [-0.1, -0.05) is 36.4 Å². The summed E-state index contributed by atoms with van der Waals surface area (Å²) >= 11 is 0. The molecule has 3 nitrogen and oxygen atoms in total. The van der Waals surface area contributed by atoms with Crippen molar-refractivity contribution in [3.05, 3.63) is 59.7 Å². The molecule has 0 unspecified atom stereocenters. The van der Waals surface area contributed by atoms with Gasteiger partial charge in [-0.2, -0.15) is 0 Å². The number of ether oxygens (including phenoxy) is 2. The second-order valence-corrected chi connectivity index (χ2v) is 4.45. The van der Waals surface area contributed by atoms with E-state index < -0.39 is 12.7 Å². The molecule has 0 aliphatic heterocycles. The SMILES string of the molecule is COc1ccc([C@@H](N)CF)cc1OCc1ccccc1. The van der Waals surface area contributed by atoms with Crippen LogP contribution in [0.25, 0.3) is 0 Å². The molecule has 1 atom stereocenters. The Morgan fingerprint density at radius 2 is 1.85 bits per heavy atom. The van der Waals surface area contributed by atoms with E-state index >= 15 is 0 Å². The molecule has 0 aromatic heterocycles. The van der Waals surface area contributed by atoms with E-state index in [1.54, 1.807) is 25.3 Å². The fraction of sp³-hybridized carbons (Fsp3) is 0.250. The van der Waals surface area contributed by atoms with E-state index in [0.29, 0.717) is 23.7 Å². The van der Waals surface area contributed by atoms with Gasteiger partial charge in [-0.15, -0.1) is 0 Å². The van der Waals surface area contributed by atoms with Gasteiger partial charge in [-0.05, 0) is 23.3 Å². The molecule has 20 heavy (non-hydrogen) atoms. The number of nitrogens with two attached hydrogens (primary N) is 1. The number of methoxy groups -OCH3 is 1. The molecule has 0 heterocycles. The second-order valence-electron chi connectivity index (χ2n) is 4.45. The molecule has 2 aromatic carbocycles. The lowest BCUT2D eigenvalue weighted by molar-refractivity contribution is 0.283. The van der Waals surface area contributed by atoms with Crippen LogP contribution in [0.4, 0.5) is 4.39 Å². The summed E-state index contributed by atoms with van der Waals surface area (Å²) in [5.74, 6) is 1.17. The first-order valence-corrected chi connectivity index (χ1v) is 6.40. The van der Waals surface area contributed by atoms with Gasteiger partial charge in [0.05, 0.1) is 13.2 Å². The average molecular weight is 275 g/mol. The lowest BCUT2D eigenvalue weighted by atomic mass is 10.1. The van der Waals surface area contributed by atoms with Gasteiger partial charge in [0.25, 0.3) is 0 Å². The summed E-state index contributed by atoms with van der Waals surface area (Å²) in [6.45, 7) is -0.185. The minimum absolute atomic E-state index is 0.422. The Bertz CT molecular complexity index is 545. The number of rotatable bonds is 6. The van der Waals surface area contributed by atoms with Gasteiger partial charge in [0.15, 0.2) is 11.5 Å². The highest BCUT2D eigenvalue weighted by Gasteiger charge is 2.11. The van der Waals surface area contributed by atoms with Crippen LogP contribution in [0.5, 0.6) is 11.5 Å². The van der Waals surface area contributed by atoms with Crippen LogP contribution in [0.3, 0.4) is 0 Å². The standard InChI is InChI=1S/C16H18FNO2/c1-19-15-8-7-13(14(18)10-17)9-16(15)20-11-12-5-3-2-4-6-12/h2-9,14H,10-11,18H2,1H3/t14-/m0/s1. The molecule has 0 saturated carbocycles. The van der Waals surface area contributed by atoms with Crippen molar-refractivity contribution < 1.29 is 13.9 Å². The molecule has 4 heteroatoms. The molecule has 0 saturated heterocycles. The highest BCUT2D eigenvalue weighted by atomic mass is 19.1. The minimum Gasteiger partial charge on any atom is -0.493 e. The van der Waals surface area contributed by atoms with Crippen molar-refractivity contribution in [2.45, 2.75) is 12.6 Å². The van der Waals surface area contributed by atoms with Crippen LogP contribution < -0.4 is 15.2 Å². The fourth-order valence-corrected chi connectivity index (χ4v) is 1.86. The topological polar surface area (TPSA) is 44.5 Å². The molecule has 0 aliphatic rings. The second kappa shape index (κ2) is 6.91. The largest absolute Gasteiger partial charge is 0.493 e. The quantitative estimate of drug-likeness (QED) is 0.880. The Morgan fingerprint density at radius 1 is 1.10 bits per heavy atom. The van der Waals surface area contributed by atoms with Crippen molar-refractivity contribution in [2.24, 2.45) is 5.73 Å². The predicted molar refractivity (Wildman–Crippen MR) is 76.7 cm³/mol. The molecule has 0 aliphatic carbocycles. The Hall–Kier alpha value is -2.07. The van der Waals surface area contributed by atoms with Crippen molar-refractivity contribution in [3.63, 3.8) is 0 Å². The minimum atomic E-state index is -0.639. The maximum atomic E-state index is 12.6. The number of alkyl halides is 1. The van der Waals surface area contributed by atoms with Gasteiger partial charge in [0.1, 0.15) is 13.3 Å².